The van der Waals surface area contributed by atoms with Gasteiger partial charge in [0.2, 0.25) is 5.89 Å². The van der Waals surface area contributed by atoms with E-state index in [-0.39, 0.29) is 0 Å². The summed E-state index contributed by atoms with van der Waals surface area (Å²) in [4.78, 5) is 21.3. The molecule has 8 heteroatoms. The van der Waals surface area contributed by atoms with E-state index in [1.54, 1.807) is 60.8 Å². The van der Waals surface area contributed by atoms with Crippen molar-refractivity contribution in [2.75, 3.05) is 0 Å². The highest BCUT2D eigenvalue weighted by Crippen LogP contribution is 2.35. The molecule has 0 spiro atoms. The number of aliphatic imine (C=N–C) groups is 1. The summed E-state index contributed by atoms with van der Waals surface area (Å²) < 4.78 is 12.2. The Morgan fingerprint density at radius 1 is 0.971 bits per heavy atom. The molecule has 0 saturated carbocycles. The van der Waals surface area contributed by atoms with Crippen LogP contribution in [0.1, 0.15) is 15.9 Å². The molecule has 0 atom stereocenters. The van der Waals surface area contributed by atoms with Crippen LogP contribution in [0.4, 0.5) is 5.69 Å². The van der Waals surface area contributed by atoms with Crippen molar-refractivity contribution in [3.05, 3.63) is 111 Å². The maximum Gasteiger partial charge on any atom is 0.343 e. The van der Waals surface area contributed by atoms with E-state index in [1.807, 2.05) is 30.3 Å². The predicted molar refractivity (Wildman–Crippen MR) is 142 cm³/mol. The van der Waals surface area contributed by atoms with Crippen LogP contribution in [0.3, 0.4) is 0 Å². The van der Waals surface area contributed by atoms with Crippen LogP contribution >= 0.6 is 39.1 Å². The van der Waals surface area contributed by atoms with E-state index < -0.39 is 5.97 Å². The number of oxazole rings is 1. The van der Waals surface area contributed by atoms with Crippen molar-refractivity contribution in [1.29, 1.82) is 0 Å². The van der Waals surface area contributed by atoms with Crippen LogP contribution in [-0.2, 0) is 0 Å². The SMILES string of the molecule is O=C(Oc1ccc(C=Nc2ccc3oc(-c4cccc(Cl)c4Cl)nc3c2)cc1)c1ccc(Br)cc1. The highest BCUT2D eigenvalue weighted by atomic mass is 79.9. The van der Waals surface area contributed by atoms with Crippen molar-refractivity contribution >= 4 is 68.1 Å². The van der Waals surface area contributed by atoms with Gasteiger partial charge < -0.3 is 9.15 Å². The molecular formula is C27H15BrCl2N2O3. The van der Waals surface area contributed by atoms with E-state index in [2.05, 4.69) is 25.9 Å². The third-order valence-electron chi connectivity index (χ3n) is 5.09. The van der Waals surface area contributed by atoms with E-state index in [1.165, 1.54) is 0 Å². The van der Waals surface area contributed by atoms with Gasteiger partial charge in [-0.15, -0.1) is 0 Å². The molecule has 1 heterocycles. The van der Waals surface area contributed by atoms with Gasteiger partial charge in [0, 0.05) is 10.7 Å². The van der Waals surface area contributed by atoms with Crippen LogP contribution in [0.2, 0.25) is 10.0 Å². The van der Waals surface area contributed by atoms with Gasteiger partial charge in [0.25, 0.3) is 0 Å². The summed E-state index contributed by atoms with van der Waals surface area (Å²) in [6, 6.07) is 24.8. The number of carbonyl (C=O) groups is 1. The smallest absolute Gasteiger partial charge is 0.343 e. The first-order chi connectivity index (χ1) is 17.0. The Balaban J connectivity index is 1.29. The highest BCUT2D eigenvalue weighted by Gasteiger charge is 2.14. The average molecular weight is 566 g/mol. The molecule has 0 fully saturated rings. The fraction of sp³-hybridized carbons (Fsp3) is 0. The zero-order valence-corrected chi connectivity index (χ0v) is 21.0. The van der Waals surface area contributed by atoms with Crippen molar-refractivity contribution in [1.82, 2.24) is 4.98 Å². The predicted octanol–water partition coefficient (Wildman–Crippen LogP) is 8.53. The molecular weight excluding hydrogens is 551 g/mol. The van der Waals surface area contributed by atoms with Crippen LogP contribution in [0.5, 0.6) is 5.75 Å². The maximum atomic E-state index is 12.3. The quantitative estimate of drug-likeness (QED) is 0.122. The largest absolute Gasteiger partial charge is 0.436 e. The third kappa shape index (κ3) is 5.30. The molecule has 1 aromatic heterocycles. The maximum absolute atomic E-state index is 12.3. The van der Waals surface area contributed by atoms with Crippen LogP contribution in [-0.4, -0.2) is 17.2 Å². The first-order valence-electron chi connectivity index (χ1n) is 10.4. The summed E-state index contributed by atoms with van der Waals surface area (Å²) in [5.74, 6) is 0.423. The fourth-order valence-electron chi connectivity index (χ4n) is 3.30. The minimum atomic E-state index is -0.418. The molecule has 5 nitrogen and oxygen atoms in total. The first-order valence-corrected chi connectivity index (χ1v) is 12.0. The number of aromatic nitrogens is 1. The minimum Gasteiger partial charge on any atom is -0.436 e. The number of esters is 1. The standard InChI is InChI=1S/C27H15BrCl2N2O3/c28-18-8-6-17(7-9-18)27(33)34-20-11-4-16(5-12-20)15-31-19-10-13-24-23(14-19)32-26(35-24)21-2-1-3-22(29)25(21)30/h1-15H. The molecule has 0 aliphatic rings. The van der Waals surface area contributed by atoms with E-state index >= 15 is 0 Å². The van der Waals surface area contributed by atoms with Gasteiger partial charge in [-0.3, -0.25) is 4.99 Å². The second-order valence-electron chi connectivity index (χ2n) is 7.50. The zero-order valence-electron chi connectivity index (χ0n) is 17.9. The van der Waals surface area contributed by atoms with E-state index in [4.69, 9.17) is 32.4 Å². The molecule has 0 aliphatic carbocycles. The molecule has 0 radical (unpaired) electrons. The monoisotopic (exact) mass is 564 g/mol. The fourth-order valence-corrected chi connectivity index (χ4v) is 3.95. The van der Waals surface area contributed by atoms with Gasteiger partial charge in [-0.1, -0.05) is 45.2 Å². The van der Waals surface area contributed by atoms with Gasteiger partial charge >= 0.3 is 5.97 Å². The Hall–Kier alpha value is -3.45. The van der Waals surface area contributed by atoms with Gasteiger partial charge in [-0.2, -0.15) is 0 Å². The number of ether oxygens (including phenoxy) is 1. The highest BCUT2D eigenvalue weighted by molar-refractivity contribution is 9.10. The van der Waals surface area contributed by atoms with Crippen molar-refractivity contribution in [2.24, 2.45) is 4.99 Å². The number of rotatable bonds is 5. The Labute approximate surface area is 219 Å². The normalized spacial score (nSPS) is 11.3. The molecule has 0 saturated heterocycles. The molecule has 172 valence electrons. The number of benzene rings is 4. The van der Waals surface area contributed by atoms with Crippen molar-refractivity contribution < 1.29 is 13.9 Å². The van der Waals surface area contributed by atoms with Crippen molar-refractivity contribution in [2.45, 2.75) is 0 Å². The molecule has 4 aromatic carbocycles. The molecule has 0 bridgehead atoms. The summed E-state index contributed by atoms with van der Waals surface area (Å²) >= 11 is 15.7. The molecule has 0 N–H and O–H groups in total. The molecule has 0 amide bonds. The van der Waals surface area contributed by atoms with Gasteiger partial charge in [0.15, 0.2) is 5.58 Å². The van der Waals surface area contributed by atoms with Crippen LogP contribution in [0.25, 0.3) is 22.6 Å². The van der Waals surface area contributed by atoms with Crippen LogP contribution in [0, 0.1) is 0 Å². The number of halogens is 3. The molecule has 5 aromatic rings. The second-order valence-corrected chi connectivity index (χ2v) is 9.20. The number of nitrogens with zero attached hydrogens (tertiary/aromatic N) is 2. The Kier molecular flexibility index (Phi) is 6.68. The Morgan fingerprint density at radius 2 is 1.74 bits per heavy atom. The van der Waals surface area contributed by atoms with Crippen molar-refractivity contribution in [3.63, 3.8) is 0 Å². The van der Waals surface area contributed by atoms with E-state index in [0.29, 0.717) is 49.6 Å². The summed E-state index contributed by atoms with van der Waals surface area (Å²) in [5.41, 5.74) is 3.93. The summed E-state index contributed by atoms with van der Waals surface area (Å²) in [6.07, 6.45) is 1.72. The first kappa shape index (κ1) is 23.3. The number of hydrogen-bond acceptors (Lipinski definition) is 5. The topological polar surface area (TPSA) is 64.7 Å². The zero-order chi connectivity index (χ0) is 24.4. The second kappa shape index (κ2) is 10.0. The van der Waals surface area contributed by atoms with E-state index in [9.17, 15) is 4.79 Å². The molecule has 35 heavy (non-hydrogen) atoms. The number of fused-ring (bicyclic) bond motifs is 1. The summed E-state index contributed by atoms with van der Waals surface area (Å²) in [6.45, 7) is 0. The van der Waals surface area contributed by atoms with Crippen molar-refractivity contribution in [3.8, 4) is 17.2 Å². The Bertz CT molecular complexity index is 1560. The minimum absolute atomic E-state index is 0.391. The van der Waals surface area contributed by atoms with Crippen LogP contribution in [0.15, 0.2) is 98.8 Å². The lowest BCUT2D eigenvalue weighted by Gasteiger charge is -2.04. The van der Waals surface area contributed by atoms with Gasteiger partial charge in [0.1, 0.15) is 11.3 Å². The average Bonchev–Trinajstić information content (AvgIpc) is 3.29. The number of hydrogen-bond donors (Lipinski definition) is 0. The summed E-state index contributed by atoms with van der Waals surface area (Å²) in [5, 5.41) is 0.829. The lowest BCUT2D eigenvalue weighted by molar-refractivity contribution is 0.0734. The van der Waals surface area contributed by atoms with E-state index in [0.717, 1.165) is 10.0 Å². The lowest BCUT2D eigenvalue weighted by Crippen LogP contribution is -2.08. The summed E-state index contributed by atoms with van der Waals surface area (Å²) in [7, 11) is 0. The third-order valence-corrected chi connectivity index (χ3v) is 6.43. The molecule has 0 aliphatic heterocycles. The van der Waals surface area contributed by atoms with Gasteiger partial charge in [-0.05, 0) is 84.4 Å². The Morgan fingerprint density at radius 3 is 2.51 bits per heavy atom. The van der Waals surface area contributed by atoms with Gasteiger partial charge in [-0.25, -0.2) is 9.78 Å². The van der Waals surface area contributed by atoms with Gasteiger partial charge in [0.05, 0.1) is 26.9 Å². The van der Waals surface area contributed by atoms with Crippen LogP contribution < -0.4 is 4.74 Å². The number of carbonyl (C=O) groups excluding carboxylic acids is 1. The molecule has 0 unspecified atom stereocenters. The molecule has 5 rings (SSSR count). The lowest BCUT2D eigenvalue weighted by atomic mass is 10.2.